The van der Waals surface area contributed by atoms with Crippen LogP contribution in [0.25, 0.3) is 0 Å². The van der Waals surface area contributed by atoms with Crippen LogP contribution in [0.2, 0.25) is 0 Å². The Morgan fingerprint density at radius 2 is 1.14 bits per heavy atom. The summed E-state index contributed by atoms with van der Waals surface area (Å²) in [5.41, 5.74) is 0. The lowest BCUT2D eigenvalue weighted by Gasteiger charge is -2.01. The average Bonchev–Trinajstić information content (AvgIpc) is 2.21. The van der Waals surface area contributed by atoms with Gasteiger partial charge in [-0.1, -0.05) is 64.7 Å². The van der Waals surface area contributed by atoms with Crippen LogP contribution in [0.4, 0.5) is 0 Å². The summed E-state index contributed by atoms with van der Waals surface area (Å²) in [6, 6.07) is 0. The lowest BCUT2D eigenvalue weighted by atomic mass is 10.1. The van der Waals surface area contributed by atoms with Gasteiger partial charge in [-0.2, -0.15) is 0 Å². The van der Waals surface area contributed by atoms with E-state index in [4.69, 9.17) is 4.52 Å². The minimum atomic E-state index is 0.904. The molecule has 0 fully saturated rings. The molecule has 0 radical (unpaired) electrons. The zero-order valence-electron chi connectivity index (χ0n) is 9.76. The van der Waals surface area contributed by atoms with Crippen LogP contribution in [0.3, 0.4) is 0 Å². The van der Waals surface area contributed by atoms with Gasteiger partial charge in [-0.15, -0.1) is 0 Å². The van der Waals surface area contributed by atoms with Crippen LogP contribution in [0.1, 0.15) is 71.1 Å². The highest BCUT2D eigenvalue weighted by Gasteiger charge is 1.91. The Kier molecular flexibility index (Phi) is 13.8. The van der Waals surface area contributed by atoms with Gasteiger partial charge < -0.3 is 4.52 Å². The molecule has 0 bridgehead atoms. The first-order valence-corrected chi connectivity index (χ1v) is 6.70. The number of rotatable bonds is 11. The van der Waals surface area contributed by atoms with Crippen molar-refractivity contribution < 1.29 is 4.52 Å². The van der Waals surface area contributed by atoms with Crippen molar-refractivity contribution >= 4 is 9.47 Å². The molecule has 0 rings (SSSR count). The Morgan fingerprint density at radius 1 is 0.714 bits per heavy atom. The van der Waals surface area contributed by atoms with E-state index in [0.29, 0.717) is 0 Å². The van der Waals surface area contributed by atoms with Gasteiger partial charge in [-0.3, -0.25) is 0 Å². The fourth-order valence-electron chi connectivity index (χ4n) is 1.67. The lowest BCUT2D eigenvalue weighted by Crippen LogP contribution is -1.85. The molecular formula is C12H27OP. The molecule has 0 heterocycles. The van der Waals surface area contributed by atoms with Gasteiger partial charge in [-0.05, 0) is 6.42 Å². The molecule has 0 saturated heterocycles. The van der Waals surface area contributed by atoms with E-state index < -0.39 is 0 Å². The van der Waals surface area contributed by atoms with Crippen LogP contribution in [0.5, 0.6) is 0 Å². The van der Waals surface area contributed by atoms with Crippen molar-refractivity contribution in [1.82, 2.24) is 0 Å². The van der Waals surface area contributed by atoms with Gasteiger partial charge in [0.2, 0.25) is 0 Å². The number of unbranched alkanes of at least 4 members (excludes halogenated alkanes) is 9. The molecule has 0 N–H and O–H groups in total. The highest BCUT2D eigenvalue weighted by molar-refractivity contribution is 7.09. The standard InChI is InChI=1S/C12H27OP/c1-2-3-4-5-6-7-8-9-10-11-12-13-14/h2-12,14H2,1H3. The van der Waals surface area contributed by atoms with Crippen molar-refractivity contribution in [2.75, 3.05) is 6.61 Å². The Balaban J connectivity index is 2.78. The molecule has 14 heavy (non-hydrogen) atoms. The summed E-state index contributed by atoms with van der Waals surface area (Å²) in [6.07, 6.45) is 13.9. The normalized spacial score (nSPS) is 10.7. The second-order valence-corrected chi connectivity index (χ2v) is 4.39. The molecule has 0 aliphatic rings. The van der Waals surface area contributed by atoms with E-state index in [9.17, 15) is 0 Å². The van der Waals surface area contributed by atoms with E-state index in [1.165, 1.54) is 64.2 Å². The van der Waals surface area contributed by atoms with E-state index in [1.807, 2.05) is 0 Å². The molecule has 1 nitrogen and oxygen atoms in total. The molecule has 0 saturated carbocycles. The van der Waals surface area contributed by atoms with E-state index >= 15 is 0 Å². The predicted octanol–water partition coefficient (Wildman–Crippen LogP) is 4.71. The van der Waals surface area contributed by atoms with Gasteiger partial charge in [0.25, 0.3) is 0 Å². The molecule has 86 valence electrons. The Morgan fingerprint density at radius 3 is 1.57 bits per heavy atom. The largest absolute Gasteiger partial charge is 0.366 e. The van der Waals surface area contributed by atoms with Gasteiger partial charge >= 0.3 is 0 Å². The van der Waals surface area contributed by atoms with Gasteiger partial charge in [0.1, 0.15) is 0 Å². The minimum absolute atomic E-state index is 0.904. The quantitative estimate of drug-likeness (QED) is 0.360. The summed E-state index contributed by atoms with van der Waals surface area (Å²) >= 11 is 0. The van der Waals surface area contributed by atoms with Crippen molar-refractivity contribution in [2.24, 2.45) is 0 Å². The monoisotopic (exact) mass is 218 g/mol. The Hall–Kier alpha value is 0.390. The van der Waals surface area contributed by atoms with E-state index in [0.717, 1.165) is 6.61 Å². The van der Waals surface area contributed by atoms with Crippen LogP contribution in [-0.2, 0) is 4.52 Å². The Labute approximate surface area is 92.3 Å². The maximum Gasteiger partial charge on any atom is 0.0501 e. The van der Waals surface area contributed by atoms with Crippen molar-refractivity contribution in [3.05, 3.63) is 0 Å². The maximum absolute atomic E-state index is 4.93. The summed E-state index contributed by atoms with van der Waals surface area (Å²) in [6.45, 7) is 3.18. The number of hydrogen-bond donors (Lipinski definition) is 0. The molecule has 0 aromatic carbocycles. The van der Waals surface area contributed by atoms with Crippen LogP contribution < -0.4 is 0 Å². The van der Waals surface area contributed by atoms with E-state index in [1.54, 1.807) is 0 Å². The van der Waals surface area contributed by atoms with E-state index in [2.05, 4.69) is 16.4 Å². The summed E-state index contributed by atoms with van der Waals surface area (Å²) in [4.78, 5) is 0. The SMILES string of the molecule is CCCCCCCCCCCCOP. The molecule has 0 aliphatic carbocycles. The fourth-order valence-corrected chi connectivity index (χ4v) is 1.84. The summed E-state index contributed by atoms with van der Waals surface area (Å²) < 4.78 is 4.93. The van der Waals surface area contributed by atoms with Gasteiger partial charge in [-0.25, -0.2) is 0 Å². The molecule has 0 aliphatic heterocycles. The lowest BCUT2D eigenvalue weighted by molar-refractivity contribution is 0.352. The molecule has 0 aromatic rings. The van der Waals surface area contributed by atoms with Crippen molar-refractivity contribution in [2.45, 2.75) is 71.1 Å². The van der Waals surface area contributed by atoms with Gasteiger partial charge in [0.15, 0.2) is 0 Å². The highest BCUT2D eigenvalue weighted by Crippen LogP contribution is 2.10. The fraction of sp³-hybridized carbons (Fsp3) is 1.00. The molecule has 1 unspecified atom stereocenters. The number of hydrogen-bond acceptors (Lipinski definition) is 1. The van der Waals surface area contributed by atoms with Gasteiger partial charge in [0, 0.05) is 9.47 Å². The second kappa shape index (κ2) is 13.4. The van der Waals surface area contributed by atoms with Gasteiger partial charge in [0.05, 0.1) is 6.61 Å². The Bertz CT molecular complexity index is 84.3. The summed E-state index contributed by atoms with van der Waals surface area (Å²) in [5, 5.41) is 0. The van der Waals surface area contributed by atoms with E-state index in [-0.39, 0.29) is 0 Å². The third kappa shape index (κ3) is 12.4. The third-order valence-electron chi connectivity index (χ3n) is 2.62. The smallest absolute Gasteiger partial charge is 0.0501 e. The van der Waals surface area contributed by atoms with Crippen molar-refractivity contribution in [3.63, 3.8) is 0 Å². The van der Waals surface area contributed by atoms with Crippen molar-refractivity contribution in [3.8, 4) is 0 Å². The highest BCUT2D eigenvalue weighted by atomic mass is 31.0. The van der Waals surface area contributed by atoms with Crippen LogP contribution >= 0.6 is 9.47 Å². The first-order valence-electron chi connectivity index (χ1n) is 6.23. The molecule has 0 spiro atoms. The maximum atomic E-state index is 4.93. The minimum Gasteiger partial charge on any atom is -0.366 e. The van der Waals surface area contributed by atoms with Crippen LogP contribution in [-0.4, -0.2) is 6.61 Å². The van der Waals surface area contributed by atoms with Crippen LogP contribution in [0, 0.1) is 0 Å². The second-order valence-electron chi connectivity index (χ2n) is 4.05. The average molecular weight is 218 g/mol. The molecular weight excluding hydrogens is 191 g/mol. The molecule has 0 aromatic heterocycles. The third-order valence-corrected chi connectivity index (χ3v) is 2.85. The topological polar surface area (TPSA) is 9.23 Å². The molecule has 2 heteroatoms. The molecule has 1 atom stereocenters. The van der Waals surface area contributed by atoms with Crippen molar-refractivity contribution in [1.29, 1.82) is 0 Å². The first kappa shape index (κ1) is 14.4. The zero-order valence-corrected chi connectivity index (χ0v) is 10.9. The zero-order chi connectivity index (χ0) is 10.5. The van der Waals surface area contributed by atoms with Crippen LogP contribution in [0.15, 0.2) is 0 Å². The summed E-state index contributed by atoms with van der Waals surface area (Å²) in [7, 11) is 2.31. The molecule has 0 amide bonds. The predicted molar refractivity (Wildman–Crippen MR) is 67.5 cm³/mol. The summed E-state index contributed by atoms with van der Waals surface area (Å²) in [5.74, 6) is 0. The first-order chi connectivity index (χ1) is 6.91.